The molecule has 3 rings (SSSR count). The summed E-state index contributed by atoms with van der Waals surface area (Å²) in [5, 5.41) is 1.09. The van der Waals surface area contributed by atoms with Crippen molar-refractivity contribution in [3.8, 4) is 11.1 Å². The first-order chi connectivity index (χ1) is 8.38. The third kappa shape index (κ3) is 1.64. The third-order valence-electron chi connectivity index (χ3n) is 2.84. The molecular weight excluding hydrogens is 212 g/mol. The number of rotatable bonds is 2. The van der Waals surface area contributed by atoms with Gasteiger partial charge in [0.25, 0.3) is 0 Å². The number of carbonyl (C=O) groups is 1. The number of hydrogen-bond donors (Lipinski definition) is 0. The lowest BCUT2D eigenvalue weighted by Crippen LogP contribution is -1.79. The van der Waals surface area contributed by atoms with E-state index in [2.05, 4.69) is 0 Å². The molecule has 0 spiro atoms. The summed E-state index contributed by atoms with van der Waals surface area (Å²) in [6.45, 7) is 0. The number of fused-ring (bicyclic) bond motifs is 1. The lowest BCUT2D eigenvalue weighted by Gasteiger charge is -1.98. The van der Waals surface area contributed by atoms with Gasteiger partial charge in [0.15, 0.2) is 0 Å². The van der Waals surface area contributed by atoms with Crippen molar-refractivity contribution in [1.82, 2.24) is 0 Å². The highest BCUT2D eigenvalue weighted by Gasteiger charge is 2.06. The Morgan fingerprint density at radius 3 is 2.47 bits per heavy atom. The quantitative estimate of drug-likeness (QED) is 0.615. The lowest BCUT2D eigenvalue weighted by molar-refractivity contribution is 0.112. The molecule has 0 amide bonds. The van der Waals surface area contributed by atoms with Crippen LogP contribution in [-0.2, 0) is 0 Å². The predicted octanol–water partition coefficient (Wildman–Crippen LogP) is 3.91. The fourth-order valence-corrected chi connectivity index (χ4v) is 1.94. The Bertz CT molecular complexity index is 663. The minimum atomic E-state index is 0.682. The van der Waals surface area contributed by atoms with E-state index in [9.17, 15) is 4.79 Å². The van der Waals surface area contributed by atoms with Gasteiger partial charge in [0, 0.05) is 16.5 Å². The van der Waals surface area contributed by atoms with E-state index >= 15 is 0 Å². The molecule has 0 unspecified atom stereocenters. The van der Waals surface area contributed by atoms with Gasteiger partial charge in [-0.25, -0.2) is 0 Å². The van der Waals surface area contributed by atoms with Gasteiger partial charge in [-0.05, 0) is 11.6 Å². The number of benzene rings is 2. The van der Waals surface area contributed by atoms with Crippen molar-refractivity contribution in [1.29, 1.82) is 0 Å². The zero-order chi connectivity index (χ0) is 11.7. The summed E-state index contributed by atoms with van der Waals surface area (Å²) >= 11 is 0. The Balaban J connectivity index is 2.16. The number of carbonyl (C=O) groups excluding carboxylic acids is 1. The van der Waals surface area contributed by atoms with Gasteiger partial charge in [-0.2, -0.15) is 0 Å². The predicted molar refractivity (Wildman–Crippen MR) is 67.0 cm³/mol. The minimum Gasteiger partial charge on any atom is -0.464 e. The SMILES string of the molecule is O=Cc1ccc(-c2coc3ccccc23)cc1. The van der Waals surface area contributed by atoms with Crippen LogP contribution in [0.1, 0.15) is 10.4 Å². The Labute approximate surface area is 98.5 Å². The zero-order valence-corrected chi connectivity index (χ0v) is 9.09. The molecule has 2 heteroatoms. The minimum absolute atomic E-state index is 0.682. The van der Waals surface area contributed by atoms with Gasteiger partial charge in [-0.3, -0.25) is 4.79 Å². The molecule has 1 heterocycles. The van der Waals surface area contributed by atoms with Gasteiger partial charge in [0.1, 0.15) is 11.9 Å². The number of aldehydes is 1. The van der Waals surface area contributed by atoms with Gasteiger partial charge in [-0.15, -0.1) is 0 Å². The normalized spacial score (nSPS) is 10.6. The molecule has 2 nitrogen and oxygen atoms in total. The molecule has 0 saturated carbocycles. The molecule has 1 aromatic heterocycles. The van der Waals surface area contributed by atoms with Crippen LogP contribution in [0.2, 0.25) is 0 Å². The summed E-state index contributed by atoms with van der Waals surface area (Å²) in [6.07, 6.45) is 2.60. The first-order valence-electron chi connectivity index (χ1n) is 5.40. The smallest absolute Gasteiger partial charge is 0.150 e. The van der Waals surface area contributed by atoms with Gasteiger partial charge < -0.3 is 4.42 Å². The molecule has 0 radical (unpaired) electrons. The second-order valence-electron chi connectivity index (χ2n) is 3.89. The standard InChI is InChI=1S/C15H10O2/c16-9-11-5-7-12(8-6-11)14-10-17-15-4-2-1-3-13(14)15/h1-10H. The first-order valence-corrected chi connectivity index (χ1v) is 5.40. The summed E-state index contributed by atoms with van der Waals surface area (Å²) in [6, 6.07) is 15.4. The van der Waals surface area contributed by atoms with E-state index in [-0.39, 0.29) is 0 Å². The molecule has 0 bridgehead atoms. The van der Waals surface area contributed by atoms with E-state index in [1.807, 2.05) is 48.5 Å². The fourth-order valence-electron chi connectivity index (χ4n) is 1.94. The molecule has 0 aliphatic rings. The van der Waals surface area contributed by atoms with E-state index in [1.54, 1.807) is 6.26 Å². The number of para-hydroxylation sites is 1. The number of furan rings is 1. The molecule has 82 valence electrons. The maximum absolute atomic E-state index is 10.6. The summed E-state index contributed by atoms with van der Waals surface area (Å²) in [7, 11) is 0. The van der Waals surface area contributed by atoms with E-state index in [0.29, 0.717) is 5.56 Å². The molecular formula is C15H10O2. The molecule has 0 fully saturated rings. The summed E-state index contributed by atoms with van der Waals surface area (Å²) < 4.78 is 5.49. The van der Waals surface area contributed by atoms with Crippen molar-refractivity contribution in [2.75, 3.05) is 0 Å². The van der Waals surface area contributed by atoms with Crippen molar-refractivity contribution in [3.63, 3.8) is 0 Å². The molecule has 0 saturated heterocycles. The van der Waals surface area contributed by atoms with Crippen LogP contribution >= 0.6 is 0 Å². The maximum Gasteiger partial charge on any atom is 0.150 e. The van der Waals surface area contributed by atoms with Crippen LogP contribution in [0.15, 0.2) is 59.2 Å². The third-order valence-corrected chi connectivity index (χ3v) is 2.84. The first kappa shape index (κ1) is 9.85. The highest BCUT2D eigenvalue weighted by atomic mass is 16.3. The average Bonchev–Trinajstić information content (AvgIpc) is 2.83. The summed E-state index contributed by atoms with van der Waals surface area (Å²) in [5.41, 5.74) is 3.67. The van der Waals surface area contributed by atoms with Crippen LogP contribution in [0.25, 0.3) is 22.1 Å². The van der Waals surface area contributed by atoms with Crippen LogP contribution in [0.3, 0.4) is 0 Å². The Kier molecular flexibility index (Phi) is 2.26. The topological polar surface area (TPSA) is 30.2 Å². The molecule has 0 aliphatic heterocycles. The van der Waals surface area contributed by atoms with E-state index < -0.39 is 0 Å². The Hall–Kier alpha value is -2.35. The summed E-state index contributed by atoms with van der Waals surface area (Å²) in [5.74, 6) is 0. The highest BCUT2D eigenvalue weighted by molar-refractivity contribution is 5.94. The van der Waals surface area contributed by atoms with Crippen molar-refractivity contribution in [3.05, 3.63) is 60.4 Å². The van der Waals surface area contributed by atoms with Crippen LogP contribution in [0.4, 0.5) is 0 Å². The van der Waals surface area contributed by atoms with E-state index in [1.165, 1.54) is 0 Å². The average molecular weight is 222 g/mol. The van der Waals surface area contributed by atoms with Gasteiger partial charge in [0.2, 0.25) is 0 Å². The lowest BCUT2D eigenvalue weighted by atomic mass is 10.0. The fraction of sp³-hybridized carbons (Fsp3) is 0. The Morgan fingerprint density at radius 1 is 0.941 bits per heavy atom. The van der Waals surface area contributed by atoms with E-state index in [4.69, 9.17) is 4.42 Å². The largest absolute Gasteiger partial charge is 0.464 e. The molecule has 0 aliphatic carbocycles. The molecule has 0 N–H and O–H groups in total. The van der Waals surface area contributed by atoms with Crippen LogP contribution in [0, 0.1) is 0 Å². The monoisotopic (exact) mass is 222 g/mol. The zero-order valence-electron chi connectivity index (χ0n) is 9.09. The van der Waals surface area contributed by atoms with Gasteiger partial charge in [-0.1, -0.05) is 42.5 Å². The molecule has 2 aromatic carbocycles. The number of hydrogen-bond acceptors (Lipinski definition) is 2. The molecule has 17 heavy (non-hydrogen) atoms. The summed E-state index contributed by atoms with van der Waals surface area (Å²) in [4.78, 5) is 10.6. The second-order valence-corrected chi connectivity index (χ2v) is 3.89. The van der Waals surface area contributed by atoms with E-state index in [0.717, 1.165) is 28.4 Å². The second kappa shape index (κ2) is 3.91. The van der Waals surface area contributed by atoms with Crippen molar-refractivity contribution in [2.24, 2.45) is 0 Å². The van der Waals surface area contributed by atoms with Crippen molar-refractivity contribution in [2.45, 2.75) is 0 Å². The van der Waals surface area contributed by atoms with Crippen molar-refractivity contribution < 1.29 is 9.21 Å². The van der Waals surface area contributed by atoms with Gasteiger partial charge >= 0.3 is 0 Å². The molecule has 0 atom stereocenters. The van der Waals surface area contributed by atoms with Crippen LogP contribution < -0.4 is 0 Å². The Morgan fingerprint density at radius 2 is 1.71 bits per heavy atom. The van der Waals surface area contributed by atoms with Crippen LogP contribution in [0.5, 0.6) is 0 Å². The van der Waals surface area contributed by atoms with Gasteiger partial charge in [0.05, 0.1) is 6.26 Å². The van der Waals surface area contributed by atoms with Crippen molar-refractivity contribution >= 4 is 17.3 Å². The maximum atomic E-state index is 10.6. The van der Waals surface area contributed by atoms with Crippen LogP contribution in [-0.4, -0.2) is 6.29 Å². The highest BCUT2D eigenvalue weighted by Crippen LogP contribution is 2.30. The molecule has 3 aromatic rings.